The van der Waals surface area contributed by atoms with E-state index in [9.17, 15) is 14.7 Å². The molecule has 0 heterocycles. The van der Waals surface area contributed by atoms with Crippen LogP contribution in [-0.4, -0.2) is 41.6 Å². The first-order valence-electron chi connectivity index (χ1n) is 11.7. The molecule has 0 aromatic heterocycles. The van der Waals surface area contributed by atoms with Crippen LogP contribution in [0.2, 0.25) is 0 Å². The zero-order chi connectivity index (χ0) is 23.1. The molecule has 0 saturated carbocycles. The smallest absolute Gasteiger partial charge is 0.418 e. The summed E-state index contributed by atoms with van der Waals surface area (Å²) in [6.07, 6.45) is 4.07. The summed E-state index contributed by atoms with van der Waals surface area (Å²) in [7, 11) is 0. The van der Waals surface area contributed by atoms with Gasteiger partial charge in [0.1, 0.15) is 5.60 Å². The van der Waals surface area contributed by atoms with E-state index >= 15 is 0 Å². The predicted molar refractivity (Wildman–Crippen MR) is 126 cm³/mol. The Labute approximate surface area is 191 Å². The Morgan fingerprint density at radius 1 is 1.09 bits per heavy atom. The normalized spacial score (nSPS) is 20.4. The summed E-state index contributed by atoms with van der Waals surface area (Å²) >= 11 is 0. The number of hydrogen-bond donors (Lipinski definition) is 1. The highest BCUT2D eigenvalue weighted by atomic mass is 16.6. The number of rotatable bonds is 8. The minimum Gasteiger partial charge on any atom is -0.473 e. The molecule has 0 fully saturated rings. The molecule has 3 rings (SSSR count). The summed E-state index contributed by atoms with van der Waals surface area (Å²) in [5.74, 6) is -2.83. The Kier molecular flexibility index (Phi) is 8.08. The van der Waals surface area contributed by atoms with E-state index in [1.54, 1.807) is 0 Å². The highest BCUT2D eigenvalue weighted by Crippen LogP contribution is 2.50. The van der Waals surface area contributed by atoms with Crippen LogP contribution in [0.15, 0.2) is 48.5 Å². The summed E-state index contributed by atoms with van der Waals surface area (Å²) in [6.45, 7) is 9.11. The molecule has 1 aliphatic carbocycles. The van der Waals surface area contributed by atoms with Crippen molar-refractivity contribution >= 4 is 11.9 Å². The zero-order valence-corrected chi connectivity index (χ0v) is 19.5. The van der Waals surface area contributed by atoms with Gasteiger partial charge in [-0.05, 0) is 75.4 Å². The van der Waals surface area contributed by atoms with E-state index < -0.39 is 17.5 Å². The number of benzene rings is 2. The average molecular weight is 438 g/mol. The number of carbonyl (C=O) groups is 2. The van der Waals surface area contributed by atoms with E-state index in [1.807, 2.05) is 25.1 Å². The number of carbonyl (C=O) groups excluding carboxylic acids is 1. The second kappa shape index (κ2) is 10.8. The SMILES string of the molecule is CCN(CC)CCC[C@]1(OC(=O)C(=O)O)c2ccccc2CCC[C@@H]1c1ccc(C)cc1. The fourth-order valence-corrected chi connectivity index (χ4v) is 5.10. The second-order valence-corrected chi connectivity index (χ2v) is 8.73. The molecule has 0 amide bonds. The minimum atomic E-state index is -1.54. The van der Waals surface area contributed by atoms with Crippen molar-refractivity contribution in [2.45, 2.75) is 64.4 Å². The third-order valence-corrected chi connectivity index (χ3v) is 6.82. The van der Waals surface area contributed by atoms with Gasteiger partial charge in [0.05, 0.1) is 0 Å². The van der Waals surface area contributed by atoms with Gasteiger partial charge in [0.2, 0.25) is 0 Å². The van der Waals surface area contributed by atoms with Crippen LogP contribution in [0.4, 0.5) is 0 Å². The van der Waals surface area contributed by atoms with E-state index in [2.05, 4.69) is 49.1 Å². The largest absolute Gasteiger partial charge is 0.473 e. The molecule has 0 spiro atoms. The van der Waals surface area contributed by atoms with E-state index in [4.69, 9.17) is 4.74 Å². The lowest BCUT2D eigenvalue weighted by atomic mass is 9.72. The molecule has 0 radical (unpaired) electrons. The number of ether oxygens (including phenoxy) is 1. The van der Waals surface area contributed by atoms with Gasteiger partial charge in [-0.15, -0.1) is 0 Å². The van der Waals surface area contributed by atoms with Gasteiger partial charge in [-0.3, -0.25) is 0 Å². The van der Waals surface area contributed by atoms with Crippen LogP contribution in [0.1, 0.15) is 67.7 Å². The van der Waals surface area contributed by atoms with Crippen molar-refractivity contribution < 1.29 is 19.4 Å². The predicted octanol–water partition coefficient (Wildman–Crippen LogP) is 5.06. The monoisotopic (exact) mass is 437 g/mol. The number of hydrogen-bond acceptors (Lipinski definition) is 4. The Bertz CT molecular complexity index is 920. The van der Waals surface area contributed by atoms with Crippen molar-refractivity contribution in [3.8, 4) is 0 Å². The summed E-state index contributed by atoms with van der Waals surface area (Å²) < 4.78 is 6.04. The number of esters is 1. The molecule has 2 atom stereocenters. The minimum absolute atomic E-state index is 0.105. The van der Waals surface area contributed by atoms with Gasteiger partial charge >= 0.3 is 11.9 Å². The first-order valence-corrected chi connectivity index (χ1v) is 11.7. The third-order valence-electron chi connectivity index (χ3n) is 6.82. The van der Waals surface area contributed by atoms with Crippen LogP contribution in [0, 0.1) is 6.92 Å². The van der Waals surface area contributed by atoms with Gasteiger partial charge < -0.3 is 14.7 Å². The lowest BCUT2D eigenvalue weighted by molar-refractivity contribution is -0.179. The molecule has 0 saturated heterocycles. The third kappa shape index (κ3) is 5.21. The molecule has 5 heteroatoms. The summed E-state index contributed by atoms with van der Waals surface area (Å²) in [5, 5.41) is 9.45. The Morgan fingerprint density at radius 2 is 1.78 bits per heavy atom. The molecule has 0 aliphatic heterocycles. The number of nitrogens with zero attached hydrogens (tertiary/aromatic N) is 1. The average Bonchev–Trinajstić information content (AvgIpc) is 2.95. The molecule has 0 bridgehead atoms. The van der Waals surface area contributed by atoms with Crippen LogP contribution < -0.4 is 0 Å². The van der Waals surface area contributed by atoms with Crippen LogP contribution >= 0.6 is 0 Å². The van der Waals surface area contributed by atoms with Gasteiger partial charge in [0.25, 0.3) is 0 Å². The highest BCUT2D eigenvalue weighted by Gasteiger charge is 2.47. The summed E-state index contributed by atoms with van der Waals surface area (Å²) in [4.78, 5) is 26.5. The van der Waals surface area contributed by atoms with Crippen molar-refractivity contribution in [2.75, 3.05) is 19.6 Å². The van der Waals surface area contributed by atoms with Gasteiger partial charge in [0, 0.05) is 5.92 Å². The Hall–Kier alpha value is -2.66. The maximum atomic E-state index is 12.5. The molecule has 32 heavy (non-hydrogen) atoms. The van der Waals surface area contributed by atoms with Crippen molar-refractivity contribution in [3.05, 3.63) is 70.8 Å². The topological polar surface area (TPSA) is 66.8 Å². The molecular formula is C27H35NO4. The molecule has 1 N–H and O–H groups in total. The molecule has 1 aliphatic rings. The lowest BCUT2D eigenvalue weighted by Gasteiger charge is -2.41. The van der Waals surface area contributed by atoms with Gasteiger partial charge in [0.15, 0.2) is 0 Å². The molecule has 172 valence electrons. The summed E-state index contributed by atoms with van der Waals surface area (Å²) in [5.41, 5.74) is 3.34. The van der Waals surface area contributed by atoms with Crippen molar-refractivity contribution in [3.63, 3.8) is 0 Å². The molecule has 2 aromatic rings. The Morgan fingerprint density at radius 3 is 2.44 bits per heavy atom. The Balaban J connectivity index is 2.12. The first kappa shape index (κ1) is 24.0. The number of fused-ring (bicyclic) bond motifs is 1. The van der Waals surface area contributed by atoms with E-state index in [0.29, 0.717) is 6.42 Å². The first-order chi connectivity index (χ1) is 15.4. The van der Waals surface area contributed by atoms with Crippen LogP contribution in [0.5, 0.6) is 0 Å². The second-order valence-electron chi connectivity index (χ2n) is 8.73. The van der Waals surface area contributed by atoms with Gasteiger partial charge in [-0.1, -0.05) is 67.9 Å². The van der Waals surface area contributed by atoms with E-state index in [1.165, 1.54) is 0 Å². The van der Waals surface area contributed by atoms with Crippen LogP contribution in [0.3, 0.4) is 0 Å². The van der Waals surface area contributed by atoms with Crippen molar-refractivity contribution in [1.29, 1.82) is 0 Å². The summed E-state index contributed by atoms with van der Waals surface area (Å²) in [6, 6.07) is 16.4. The van der Waals surface area contributed by atoms with E-state index in [0.717, 1.165) is 67.6 Å². The number of aliphatic carboxylic acids is 1. The fourth-order valence-electron chi connectivity index (χ4n) is 5.10. The number of carboxylic acid groups (broad SMARTS) is 1. The van der Waals surface area contributed by atoms with Gasteiger partial charge in [-0.25, -0.2) is 9.59 Å². The highest BCUT2D eigenvalue weighted by molar-refractivity contribution is 6.28. The van der Waals surface area contributed by atoms with Crippen molar-refractivity contribution in [1.82, 2.24) is 4.90 Å². The lowest BCUT2D eigenvalue weighted by Crippen LogP contribution is -2.41. The van der Waals surface area contributed by atoms with E-state index in [-0.39, 0.29) is 5.92 Å². The molecule has 5 nitrogen and oxygen atoms in total. The zero-order valence-electron chi connectivity index (χ0n) is 19.5. The maximum absolute atomic E-state index is 12.5. The van der Waals surface area contributed by atoms with Crippen molar-refractivity contribution in [2.24, 2.45) is 0 Å². The standard InChI is InChI=1S/C27H35NO4/c1-4-28(5-2)19-9-18-27(32-26(31)25(29)30)23-12-7-6-10-21(23)11-8-13-24(27)22-16-14-20(3)15-17-22/h6-7,10,12,14-17,24H,4-5,8-9,11,13,18-19H2,1-3H3,(H,29,30)/t24-,27+/m1/s1. The molecule has 0 unspecified atom stereocenters. The number of aryl methyl sites for hydroxylation is 2. The molecule has 2 aromatic carbocycles. The quantitative estimate of drug-likeness (QED) is 0.355. The maximum Gasteiger partial charge on any atom is 0.418 e. The molecular weight excluding hydrogens is 402 g/mol. The number of carboxylic acids is 1. The van der Waals surface area contributed by atoms with Crippen LogP contribution in [0.25, 0.3) is 0 Å². The fraction of sp³-hybridized carbons (Fsp3) is 0.481. The van der Waals surface area contributed by atoms with Crippen LogP contribution in [-0.2, 0) is 26.3 Å². The van der Waals surface area contributed by atoms with Gasteiger partial charge in [-0.2, -0.15) is 0 Å².